The van der Waals surface area contributed by atoms with Gasteiger partial charge in [-0.05, 0) is 46.8 Å². The molecule has 2 amide bonds. The van der Waals surface area contributed by atoms with Crippen LogP contribution in [0.2, 0.25) is 0 Å². The molecule has 0 atom stereocenters. The summed E-state index contributed by atoms with van der Waals surface area (Å²) in [5.74, 6) is 0.000959. The summed E-state index contributed by atoms with van der Waals surface area (Å²) in [6.45, 7) is 0.00467. The third-order valence-corrected chi connectivity index (χ3v) is 7.20. The van der Waals surface area contributed by atoms with Crippen LogP contribution in [-0.2, 0) is 32.6 Å². The van der Waals surface area contributed by atoms with Crippen LogP contribution >= 0.6 is 11.3 Å². The molecule has 9 nitrogen and oxygen atoms in total. The molecule has 0 spiro atoms. The van der Waals surface area contributed by atoms with E-state index in [2.05, 4.69) is 10.0 Å². The van der Waals surface area contributed by atoms with Crippen LogP contribution in [0.15, 0.2) is 64.2 Å². The second-order valence-electron chi connectivity index (χ2n) is 6.93. The first-order valence-electron chi connectivity index (χ1n) is 9.77. The molecule has 0 fully saturated rings. The Morgan fingerprint density at radius 2 is 1.76 bits per heavy atom. The van der Waals surface area contributed by atoms with Gasteiger partial charge in [0, 0.05) is 12.2 Å². The van der Waals surface area contributed by atoms with E-state index in [1.165, 1.54) is 13.2 Å². The lowest BCUT2D eigenvalue weighted by molar-refractivity contribution is -0.121. The van der Waals surface area contributed by atoms with E-state index in [1.807, 2.05) is 0 Å². The molecule has 0 aliphatic carbocycles. The lowest BCUT2D eigenvalue weighted by Crippen LogP contribution is -2.24. The molecule has 2 aromatic carbocycles. The zero-order valence-corrected chi connectivity index (χ0v) is 19.4. The Labute approximate surface area is 195 Å². The quantitative estimate of drug-likeness (QED) is 0.378. The minimum Gasteiger partial charge on any atom is -0.493 e. The number of rotatable bonds is 11. The Morgan fingerprint density at radius 3 is 2.39 bits per heavy atom. The Kier molecular flexibility index (Phi) is 7.91. The van der Waals surface area contributed by atoms with E-state index in [4.69, 9.17) is 15.2 Å². The molecule has 0 saturated carbocycles. The molecule has 1 heterocycles. The third-order valence-electron chi connectivity index (χ3n) is 4.42. The fourth-order valence-electron chi connectivity index (χ4n) is 2.85. The SMILES string of the molecule is COc1cc(CNC(=O)Cc2ccc(NS(=O)(=O)c3cccs3)cc2)ccc1OCC(N)=O. The highest BCUT2D eigenvalue weighted by Gasteiger charge is 2.15. The second-order valence-corrected chi connectivity index (χ2v) is 9.79. The second kappa shape index (κ2) is 10.8. The number of nitrogens with two attached hydrogens (primary N) is 1. The van der Waals surface area contributed by atoms with Crippen molar-refractivity contribution >= 4 is 38.9 Å². The van der Waals surface area contributed by atoms with Gasteiger partial charge in [0.25, 0.3) is 15.9 Å². The molecule has 0 saturated heterocycles. The van der Waals surface area contributed by atoms with E-state index in [1.54, 1.807) is 53.9 Å². The van der Waals surface area contributed by atoms with Gasteiger partial charge in [-0.1, -0.05) is 24.3 Å². The number of carbonyl (C=O) groups excluding carboxylic acids is 2. The van der Waals surface area contributed by atoms with Crippen molar-refractivity contribution in [1.29, 1.82) is 0 Å². The van der Waals surface area contributed by atoms with E-state index >= 15 is 0 Å². The minimum atomic E-state index is -3.61. The summed E-state index contributed by atoms with van der Waals surface area (Å²) in [7, 11) is -2.14. The predicted molar refractivity (Wildman–Crippen MR) is 125 cm³/mol. The average Bonchev–Trinajstić information content (AvgIpc) is 3.34. The maximum atomic E-state index is 12.3. The lowest BCUT2D eigenvalue weighted by atomic mass is 10.1. The summed E-state index contributed by atoms with van der Waals surface area (Å²) in [6.07, 6.45) is 0.134. The summed E-state index contributed by atoms with van der Waals surface area (Å²) in [5, 5.41) is 4.51. The summed E-state index contributed by atoms with van der Waals surface area (Å²) < 4.78 is 37.8. The summed E-state index contributed by atoms with van der Waals surface area (Å²) in [6, 6.07) is 14.9. The molecular weight excluding hydrogens is 466 g/mol. The first-order valence-corrected chi connectivity index (χ1v) is 12.1. The van der Waals surface area contributed by atoms with Crippen LogP contribution in [0.5, 0.6) is 11.5 Å². The minimum absolute atomic E-state index is 0.134. The van der Waals surface area contributed by atoms with Crippen LogP contribution in [0.1, 0.15) is 11.1 Å². The maximum Gasteiger partial charge on any atom is 0.271 e. The number of primary amides is 1. The maximum absolute atomic E-state index is 12.3. The van der Waals surface area contributed by atoms with Gasteiger partial charge in [0.05, 0.1) is 13.5 Å². The summed E-state index contributed by atoms with van der Waals surface area (Å²) >= 11 is 1.13. The van der Waals surface area contributed by atoms with Crippen molar-refractivity contribution in [2.24, 2.45) is 5.73 Å². The molecule has 1 aromatic heterocycles. The smallest absolute Gasteiger partial charge is 0.271 e. The third kappa shape index (κ3) is 6.96. The standard InChI is InChI=1S/C22H23N3O6S2/c1-30-19-11-16(6-9-18(19)31-14-20(23)26)13-24-21(27)12-15-4-7-17(8-5-15)25-33(28,29)22-3-2-10-32-22/h2-11,25H,12-14H2,1H3,(H2,23,26)(H,24,27). The molecule has 33 heavy (non-hydrogen) atoms. The fraction of sp³-hybridized carbons (Fsp3) is 0.182. The topological polar surface area (TPSA) is 137 Å². The van der Waals surface area contributed by atoms with Crippen molar-refractivity contribution in [3.8, 4) is 11.5 Å². The highest BCUT2D eigenvalue weighted by atomic mass is 32.2. The number of nitrogens with one attached hydrogen (secondary N) is 2. The number of amides is 2. The molecule has 4 N–H and O–H groups in total. The first kappa shape index (κ1) is 24.1. The molecule has 3 rings (SSSR count). The Bertz CT molecular complexity index is 1210. The van der Waals surface area contributed by atoms with Crippen molar-refractivity contribution in [3.05, 3.63) is 71.1 Å². The van der Waals surface area contributed by atoms with Gasteiger partial charge in [-0.3, -0.25) is 14.3 Å². The average molecular weight is 490 g/mol. The van der Waals surface area contributed by atoms with E-state index in [0.717, 1.165) is 22.5 Å². The van der Waals surface area contributed by atoms with Crippen LogP contribution in [0, 0.1) is 0 Å². The zero-order valence-electron chi connectivity index (χ0n) is 17.7. The van der Waals surface area contributed by atoms with Gasteiger partial charge >= 0.3 is 0 Å². The van der Waals surface area contributed by atoms with Gasteiger partial charge in [0.2, 0.25) is 5.91 Å². The number of hydrogen-bond acceptors (Lipinski definition) is 7. The molecular formula is C22H23N3O6S2. The van der Waals surface area contributed by atoms with Gasteiger partial charge in [0.1, 0.15) is 4.21 Å². The van der Waals surface area contributed by atoms with Crippen molar-refractivity contribution < 1.29 is 27.5 Å². The Hall–Kier alpha value is -3.57. The molecule has 0 aliphatic heterocycles. The fourth-order valence-corrected chi connectivity index (χ4v) is 4.90. The summed E-state index contributed by atoms with van der Waals surface area (Å²) in [4.78, 5) is 23.2. The monoisotopic (exact) mass is 489 g/mol. The van der Waals surface area contributed by atoms with Gasteiger partial charge < -0.3 is 20.5 Å². The van der Waals surface area contributed by atoms with E-state index in [9.17, 15) is 18.0 Å². The molecule has 174 valence electrons. The van der Waals surface area contributed by atoms with E-state index < -0.39 is 15.9 Å². The van der Waals surface area contributed by atoms with Crippen LogP contribution in [-0.4, -0.2) is 33.9 Å². The van der Waals surface area contributed by atoms with Crippen molar-refractivity contribution in [1.82, 2.24) is 5.32 Å². The largest absolute Gasteiger partial charge is 0.493 e. The normalized spacial score (nSPS) is 10.9. The van der Waals surface area contributed by atoms with Crippen molar-refractivity contribution in [2.45, 2.75) is 17.2 Å². The van der Waals surface area contributed by atoms with E-state index in [-0.39, 0.29) is 29.7 Å². The zero-order chi connectivity index (χ0) is 23.8. The van der Waals surface area contributed by atoms with Gasteiger partial charge in [-0.25, -0.2) is 8.42 Å². The highest BCUT2D eigenvalue weighted by molar-refractivity contribution is 7.94. The van der Waals surface area contributed by atoms with Gasteiger partial charge in [-0.2, -0.15) is 0 Å². The molecule has 3 aromatic rings. The molecule has 0 aliphatic rings. The van der Waals surface area contributed by atoms with E-state index in [0.29, 0.717) is 17.2 Å². The number of carbonyl (C=O) groups is 2. The number of thiophene rings is 1. The van der Waals surface area contributed by atoms with Crippen LogP contribution in [0.25, 0.3) is 0 Å². The van der Waals surface area contributed by atoms with Crippen LogP contribution in [0.3, 0.4) is 0 Å². The Balaban J connectivity index is 1.53. The molecule has 11 heteroatoms. The number of sulfonamides is 1. The number of ether oxygens (including phenoxy) is 2. The lowest BCUT2D eigenvalue weighted by Gasteiger charge is -2.12. The van der Waals surface area contributed by atoms with Gasteiger partial charge in [0.15, 0.2) is 18.1 Å². The number of methoxy groups -OCH3 is 1. The number of anilines is 1. The van der Waals surface area contributed by atoms with Crippen LogP contribution < -0.4 is 25.2 Å². The molecule has 0 bridgehead atoms. The van der Waals surface area contributed by atoms with Crippen LogP contribution in [0.4, 0.5) is 5.69 Å². The van der Waals surface area contributed by atoms with Crippen molar-refractivity contribution in [2.75, 3.05) is 18.4 Å². The van der Waals surface area contributed by atoms with Crippen molar-refractivity contribution in [3.63, 3.8) is 0 Å². The predicted octanol–water partition coefficient (Wildman–Crippen LogP) is 2.28. The number of benzene rings is 2. The Morgan fingerprint density at radius 1 is 1.03 bits per heavy atom. The number of hydrogen-bond donors (Lipinski definition) is 3. The molecule has 0 unspecified atom stereocenters. The molecule has 0 radical (unpaired) electrons. The van der Waals surface area contributed by atoms with Gasteiger partial charge in [-0.15, -0.1) is 11.3 Å². The highest BCUT2D eigenvalue weighted by Crippen LogP contribution is 2.28. The summed E-state index contributed by atoms with van der Waals surface area (Å²) in [5.41, 5.74) is 7.01. The first-order chi connectivity index (χ1) is 15.8.